The average molecular weight is 184 g/mol. The molecule has 2 rings (SSSR count). The van der Waals surface area contributed by atoms with E-state index < -0.39 is 0 Å². The Hall–Kier alpha value is -1.75. The van der Waals surface area contributed by atoms with Crippen LogP contribution in [0, 0.1) is 17.8 Å². The topological polar surface area (TPSA) is 28.7 Å². The lowest BCUT2D eigenvalue weighted by Crippen LogP contribution is -1.82. The molecule has 2 aromatic rings. The molecule has 0 aliphatic carbocycles. The molecule has 0 aliphatic rings. The molecule has 2 nitrogen and oxygen atoms in total. The molecule has 0 fully saturated rings. The average Bonchev–Trinajstić information content (AvgIpc) is 2.61. The van der Waals surface area contributed by atoms with Crippen LogP contribution < -0.4 is 0 Å². The number of hydrogen-bond acceptors (Lipinski definition) is 1. The van der Waals surface area contributed by atoms with Crippen molar-refractivity contribution in [3.05, 3.63) is 30.1 Å². The normalized spacial score (nSPS) is 10.2. The van der Waals surface area contributed by atoms with Crippen LogP contribution in [-0.4, -0.2) is 9.97 Å². The molecule has 0 saturated carbocycles. The Bertz CT molecular complexity index is 498. The number of hydrogen-bond donors (Lipinski definition) is 1. The van der Waals surface area contributed by atoms with E-state index in [-0.39, 0.29) is 0 Å². The first-order valence-electron chi connectivity index (χ1n) is 4.70. The number of nitrogens with zero attached hydrogens (tertiary/aromatic N) is 1. The van der Waals surface area contributed by atoms with Crippen molar-refractivity contribution in [3.63, 3.8) is 0 Å². The fraction of sp³-hybridized carbons (Fsp3) is 0.250. The van der Waals surface area contributed by atoms with E-state index in [1.54, 1.807) is 6.20 Å². The number of fused-ring (bicyclic) bond motifs is 1. The molecule has 2 heterocycles. The highest BCUT2D eigenvalue weighted by molar-refractivity contribution is 5.76. The van der Waals surface area contributed by atoms with Crippen LogP contribution >= 0.6 is 0 Å². The molecule has 14 heavy (non-hydrogen) atoms. The van der Waals surface area contributed by atoms with Crippen LogP contribution in [0.25, 0.3) is 11.0 Å². The third kappa shape index (κ3) is 1.77. The minimum absolute atomic E-state index is 0.400. The number of H-pyrrole nitrogens is 1. The van der Waals surface area contributed by atoms with Gasteiger partial charge in [-0.1, -0.05) is 25.7 Å². The van der Waals surface area contributed by atoms with E-state index in [0.29, 0.717) is 5.92 Å². The summed E-state index contributed by atoms with van der Waals surface area (Å²) < 4.78 is 0. The zero-order valence-corrected chi connectivity index (χ0v) is 8.33. The molecule has 70 valence electrons. The van der Waals surface area contributed by atoms with Gasteiger partial charge >= 0.3 is 0 Å². The van der Waals surface area contributed by atoms with Crippen molar-refractivity contribution in [2.75, 3.05) is 0 Å². The Balaban J connectivity index is 2.41. The van der Waals surface area contributed by atoms with Crippen LogP contribution in [0.4, 0.5) is 0 Å². The van der Waals surface area contributed by atoms with E-state index in [1.807, 2.05) is 18.3 Å². The maximum atomic E-state index is 4.26. The predicted molar refractivity (Wildman–Crippen MR) is 57.8 cm³/mol. The Morgan fingerprint density at radius 2 is 2.29 bits per heavy atom. The Morgan fingerprint density at radius 1 is 1.43 bits per heavy atom. The molecular weight excluding hydrogens is 172 g/mol. The van der Waals surface area contributed by atoms with Gasteiger partial charge < -0.3 is 4.98 Å². The van der Waals surface area contributed by atoms with E-state index in [2.05, 4.69) is 35.7 Å². The summed E-state index contributed by atoms with van der Waals surface area (Å²) in [5.41, 5.74) is 1.89. The van der Waals surface area contributed by atoms with Crippen LogP contribution in [-0.2, 0) is 0 Å². The van der Waals surface area contributed by atoms with Gasteiger partial charge in [0.2, 0.25) is 0 Å². The standard InChI is InChI=1S/C12H12N2/c1-9(2)3-4-10-7-11-5-6-13-12(11)14-8-10/h5-9H,1-2H3,(H,13,14). The zero-order valence-electron chi connectivity index (χ0n) is 8.33. The fourth-order valence-electron chi connectivity index (χ4n) is 1.24. The molecule has 0 aromatic carbocycles. The van der Waals surface area contributed by atoms with Gasteiger partial charge in [0.1, 0.15) is 5.65 Å². The summed E-state index contributed by atoms with van der Waals surface area (Å²) in [7, 11) is 0. The van der Waals surface area contributed by atoms with Gasteiger partial charge in [-0.05, 0) is 12.1 Å². The van der Waals surface area contributed by atoms with Crippen molar-refractivity contribution in [2.24, 2.45) is 5.92 Å². The maximum absolute atomic E-state index is 4.26. The molecule has 0 atom stereocenters. The molecular formula is C12H12N2. The lowest BCUT2D eigenvalue weighted by Gasteiger charge is -1.92. The molecule has 0 aliphatic heterocycles. The largest absolute Gasteiger partial charge is 0.346 e. The summed E-state index contributed by atoms with van der Waals surface area (Å²) in [6.07, 6.45) is 3.69. The number of aromatic amines is 1. The predicted octanol–water partition coefficient (Wildman–Crippen LogP) is 2.57. The number of aromatic nitrogens is 2. The highest BCUT2D eigenvalue weighted by atomic mass is 14.8. The van der Waals surface area contributed by atoms with Crippen LogP contribution in [0.5, 0.6) is 0 Å². The number of nitrogens with one attached hydrogen (secondary N) is 1. The maximum Gasteiger partial charge on any atom is 0.137 e. The minimum Gasteiger partial charge on any atom is -0.346 e. The fourth-order valence-corrected chi connectivity index (χ4v) is 1.24. The van der Waals surface area contributed by atoms with Crippen molar-refractivity contribution in [1.29, 1.82) is 0 Å². The summed E-state index contributed by atoms with van der Waals surface area (Å²) in [6, 6.07) is 4.05. The molecule has 2 aromatic heterocycles. The van der Waals surface area contributed by atoms with E-state index in [4.69, 9.17) is 0 Å². The van der Waals surface area contributed by atoms with Gasteiger partial charge in [0.05, 0.1) is 0 Å². The van der Waals surface area contributed by atoms with Gasteiger partial charge in [0, 0.05) is 29.3 Å². The van der Waals surface area contributed by atoms with Gasteiger partial charge in [-0.3, -0.25) is 0 Å². The van der Waals surface area contributed by atoms with Crippen molar-refractivity contribution in [2.45, 2.75) is 13.8 Å². The first-order chi connectivity index (χ1) is 6.75. The third-order valence-corrected chi connectivity index (χ3v) is 1.91. The molecule has 0 amide bonds. The molecule has 0 radical (unpaired) electrons. The lowest BCUT2D eigenvalue weighted by atomic mass is 10.2. The van der Waals surface area contributed by atoms with Crippen LogP contribution in [0.2, 0.25) is 0 Å². The van der Waals surface area contributed by atoms with Crippen molar-refractivity contribution < 1.29 is 0 Å². The second kappa shape index (κ2) is 3.55. The second-order valence-electron chi connectivity index (χ2n) is 3.56. The number of rotatable bonds is 0. The van der Waals surface area contributed by atoms with Gasteiger partial charge in [-0.25, -0.2) is 4.98 Å². The summed E-state index contributed by atoms with van der Waals surface area (Å²) in [5.74, 6) is 6.62. The van der Waals surface area contributed by atoms with Crippen LogP contribution in [0.3, 0.4) is 0 Å². The quantitative estimate of drug-likeness (QED) is 0.626. The smallest absolute Gasteiger partial charge is 0.137 e. The Kier molecular flexibility index (Phi) is 2.24. The lowest BCUT2D eigenvalue weighted by molar-refractivity contribution is 0.866. The molecule has 0 unspecified atom stereocenters. The summed E-state index contributed by atoms with van der Waals surface area (Å²) in [6.45, 7) is 4.16. The van der Waals surface area contributed by atoms with E-state index in [1.165, 1.54) is 0 Å². The Labute approximate surface area is 83.4 Å². The highest BCUT2D eigenvalue weighted by Crippen LogP contribution is 2.10. The van der Waals surface area contributed by atoms with Gasteiger partial charge in [0.25, 0.3) is 0 Å². The first-order valence-corrected chi connectivity index (χ1v) is 4.70. The van der Waals surface area contributed by atoms with Crippen molar-refractivity contribution in [1.82, 2.24) is 9.97 Å². The Morgan fingerprint density at radius 3 is 3.07 bits per heavy atom. The van der Waals surface area contributed by atoms with Crippen LogP contribution in [0.1, 0.15) is 19.4 Å². The monoisotopic (exact) mass is 184 g/mol. The van der Waals surface area contributed by atoms with Gasteiger partial charge in [0.15, 0.2) is 0 Å². The molecule has 0 bridgehead atoms. The zero-order chi connectivity index (χ0) is 9.97. The van der Waals surface area contributed by atoms with E-state index >= 15 is 0 Å². The van der Waals surface area contributed by atoms with Crippen LogP contribution in [0.15, 0.2) is 24.5 Å². The summed E-state index contributed by atoms with van der Waals surface area (Å²) in [5, 5.41) is 1.11. The molecule has 0 saturated heterocycles. The van der Waals surface area contributed by atoms with E-state index in [9.17, 15) is 0 Å². The summed E-state index contributed by atoms with van der Waals surface area (Å²) in [4.78, 5) is 7.31. The molecule has 0 spiro atoms. The SMILES string of the molecule is CC(C)C#Cc1cnc2[nH]ccc2c1. The van der Waals surface area contributed by atoms with Crippen molar-refractivity contribution >= 4 is 11.0 Å². The molecule has 2 heteroatoms. The van der Waals surface area contributed by atoms with Gasteiger partial charge in [-0.2, -0.15) is 0 Å². The molecule has 1 N–H and O–H groups in total. The minimum atomic E-state index is 0.400. The third-order valence-electron chi connectivity index (χ3n) is 1.91. The number of pyridine rings is 1. The first kappa shape index (κ1) is 8.83. The van der Waals surface area contributed by atoms with E-state index in [0.717, 1.165) is 16.6 Å². The second-order valence-corrected chi connectivity index (χ2v) is 3.56. The van der Waals surface area contributed by atoms with Crippen molar-refractivity contribution in [3.8, 4) is 11.8 Å². The summed E-state index contributed by atoms with van der Waals surface area (Å²) >= 11 is 0. The van der Waals surface area contributed by atoms with Gasteiger partial charge in [-0.15, -0.1) is 0 Å². The highest BCUT2D eigenvalue weighted by Gasteiger charge is 1.95.